The van der Waals surface area contributed by atoms with Gasteiger partial charge in [-0.25, -0.2) is 0 Å². The van der Waals surface area contributed by atoms with Gasteiger partial charge in [-0.3, -0.25) is 4.79 Å². The number of halogens is 1. The van der Waals surface area contributed by atoms with Gasteiger partial charge in [0.05, 0.1) is 6.61 Å². The number of carbonyl (C=O) groups is 1. The van der Waals surface area contributed by atoms with Crippen LogP contribution >= 0.6 is 11.6 Å². The molecule has 16 heavy (non-hydrogen) atoms. The molecule has 0 saturated carbocycles. The maximum atomic E-state index is 11.3. The maximum absolute atomic E-state index is 11.3. The predicted molar refractivity (Wildman–Crippen MR) is 64.8 cm³/mol. The molecule has 1 unspecified atom stereocenters. The highest BCUT2D eigenvalue weighted by molar-refractivity contribution is 6.30. The lowest BCUT2D eigenvalue weighted by Crippen LogP contribution is -2.28. The molecule has 0 aromatic heterocycles. The number of ether oxygens (including phenoxy) is 1. The Kier molecular flexibility index (Phi) is 5.12. The molecule has 1 N–H and O–H groups in total. The van der Waals surface area contributed by atoms with Crippen molar-refractivity contribution in [3.63, 3.8) is 0 Å². The van der Waals surface area contributed by atoms with Crippen molar-refractivity contribution in [1.29, 1.82) is 0 Å². The highest BCUT2D eigenvalue weighted by atomic mass is 35.5. The standard InChI is InChI=1S/C12H16ClNO2/c1-3-16-11-6-4-5-10(7-11)8-14-12(15)9(2)13/h4-7,9H,3,8H2,1-2H3,(H,14,15). The van der Waals surface area contributed by atoms with E-state index in [0.29, 0.717) is 13.2 Å². The summed E-state index contributed by atoms with van der Waals surface area (Å²) in [4.78, 5) is 11.3. The zero-order valence-corrected chi connectivity index (χ0v) is 10.3. The average molecular weight is 242 g/mol. The van der Waals surface area contributed by atoms with Crippen molar-refractivity contribution in [3.05, 3.63) is 29.8 Å². The van der Waals surface area contributed by atoms with E-state index >= 15 is 0 Å². The number of hydrogen-bond acceptors (Lipinski definition) is 2. The van der Waals surface area contributed by atoms with Gasteiger partial charge < -0.3 is 10.1 Å². The summed E-state index contributed by atoms with van der Waals surface area (Å²) < 4.78 is 5.36. The molecule has 1 rings (SSSR count). The first-order valence-corrected chi connectivity index (χ1v) is 5.70. The van der Waals surface area contributed by atoms with Gasteiger partial charge in [0.25, 0.3) is 0 Å². The van der Waals surface area contributed by atoms with Crippen LogP contribution in [0.2, 0.25) is 0 Å². The van der Waals surface area contributed by atoms with Gasteiger partial charge >= 0.3 is 0 Å². The molecular formula is C12H16ClNO2. The van der Waals surface area contributed by atoms with Gasteiger partial charge in [-0.2, -0.15) is 0 Å². The van der Waals surface area contributed by atoms with Crippen molar-refractivity contribution < 1.29 is 9.53 Å². The van der Waals surface area contributed by atoms with E-state index in [4.69, 9.17) is 16.3 Å². The fourth-order valence-corrected chi connectivity index (χ4v) is 1.32. The van der Waals surface area contributed by atoms with E-state index in [2.05, 4.69) is 5.32 Å². The Hall–Kier alpha value is -1.22. The lowest BCUT2D eigenvalue weighted by molar-refractivity contribution is -0.120. The van der Waals surface area contributed by atoms with Crippen LogP contribution in [0, 0.1) is 0 Å². The van der Waals surface area contributed by atoms with Crippen molar-refractivity contribution in [2.75, 3.05) is 6.61 Å². The Balaban J connectivity index is 2.53. The summed E-state index contributed by atoms with van der Waals surface area (Å²) in [6.45, 7) is 4.68. The molecule has 0 aliphatic rings. The fourth-order valence-electron chi connectivity index (χ4n) is 1.24. The summed E-state index contributed by atoms with van der Waals surface area (Å²) in [6.07, 6.45) is 0. The van der Waals surface area contributed by atoms with Crippen LogP contribution in [-0.4, -0.2) is 17.9 Å². The van der Waals surface area contributed by atoms with Gasteiger partial charge in [-0.1, -0.05) is 12.1 Å². The number of carbonyl (C=O) groups excluding carboxylic acids is 1. The Morgan fingerprint density at radius 1 is 1.56 bits per heavy atom. The van der Waals surface area contributed by atoms with Crippen molar-refractivity contribution in [2.24, 2.45) is 0 Å². The molecule has 0 heterocycles. The van der Waals surface area contributed by atoms with Crippen LogP contribution in [0.4, 0.5) is 0 Å². The van der Waals surface area contributed by atoms with E-state index in [9.17, 15) is 4.79 Å². The van der Waals surface area contributed by atoms with Crippen molar-refractivity contribution in [3.8, 4) is 5.75 Å². The van der Waals surface area contributed by atoms with Gasteiger partial charge in [0, 0.05) is 6.54 Å². The highest BCUT2D eigenvalue weighted by Crippen LogP contribution is 2.13. The van der Waals surface area contributed by atoms with Crippen LogP contribution in [0.15, 0.2) is 24.3 Å². The van der Waals surface area contributed by atoms with Crippen LogP contribution < -0.4 is 10.1 Å². The number of nitrogens with one attached hydrogen (secondary N) is 1. The summed E-state index contributed by atoms with van der Waals surface area (Å²) in [7, 11) is 0. The minimum atomic E-state index is -0.505. The number of amides is 1. The molecule has 0 aliphatic carbocycles. The van der Waals surface area contributed by atoms with Crippen LogP contribution in [0.25, 0.3) is 0 Å². The Morgan fingerprint density at radius 2 is 2.31 bits per heavy atom. The van der Waals surface area contributed by atoms with E-state index in [1.165, 1.54) is 0 Å². The minimum absolute atomic E-state index is 0.163. The molecule has 0 bridgehead atoms. The summed E-state index contributed by atoms with van der Waals surface area (Å²) in [5.41, 5.74) is 0.997. The maximum Gasteiger partial charge on any atom is 0.238 e. The number of rotatable bonds is 5. The zero-order valence-electron chi connectivity index (χ0n) is 9.50. The molecule has 1 amide bonds. The van der Waals surface area contributed by atoms with Gasteiger partial charge in [-0.05, 0) is 31.5 Å². The van der Waals surface area contributed by atoms with Crippen LogP contribution in [0.3, 0.4) is 0 Å². The quantitative estimate of drug-likeness (QED) is 0.804. The predicted octanol–water partition coefficient (Wildman–Crippen LogP) is 2.33. The average Bonchev–Trinajstić information content (AvgIpc) is 2.26. The molecule has 0 radical (unpaired) electrons. The van der Waals surface area contributed by atoms with Gasteiger partial charge in [0.1, 0.15) is 11.1 Å². The molecule has 0 saturated heterocycles. The van der Waals surface area contributed by atoms with Gasteiger partial charge in [-0.15, -0.1) is 11.6 Å². The Morgan fingerprint density at radius 3 is 2.94 bits per heavy atom. The fraction of sp³-hybridized carbons (Fsp3) is 0.417. The molecule has 0 spiro atoms. The van der Waals surface area contributed by atoms with Crippen molar-refractivity contribution >= 4 is 17.5 Å². The van der Waals surface area contributed by atoms with E-state index in [1.54, 1.807) is 6.92 Å². The highest BCUT2D eigenvalue weighted by Gasteiger charge is 2.07. The summed E-state index contributed by atoms with van der Waals surface area (Å²) in [5.74, 6) is 0.650. The smallest absolute Gasteiger partial charge is 0.238 e. The summed E-state index contributed by atoms with van der Waals surface area (Å²) >= 11 is 5.64. The molecule has 88 valence electrons. The van der Waals surface area contributed by atoms with E-state index in [1.807, 2.05) is 31.2 Å². The molecule has 1 aromatic rings. The second kappa shape index (κ2) is 6.38. The molecule has 3 nitrogen and oxygen atoms in total. The topological polar surface area (TPSA) is 38.3 Å². The van der Waals surface area contributed by atoms with Crippen molar-refractivity contribution in [1.82, 2.24) is 5.32 Å². The third-order valence-electron chi connectivity index (χ3n) is 2.04. The first-order chi connectivity index (χ1) is 7.63. The van der Waals surface area contributed by atoms with E-state index in [-0.39, 0.29) is 5.91 Å². The largest absolute Gasteiger partial charge is 0.494 e. The molecule has 1 atom stereocenters. The SMILES string of the molecule is CCOc1cccc(CNC(=O)C(C)Cl)c1. The van der Waals surface area contributed by atoms with Crippen LogP contribution in [0.1, 0.15) is 19.4 Å². The van der Waals surface area contributed by atoms with Crippen molar-refractivity contribution in [2.45, 2.75) is 25.8 Å². The Labute approximate surface area is 101 Å². The minimum Gasteiger partial charge on any atom is -0.494 e. The van der Waals surface area contributed by atoms with Gasteiger partial charge in [0.2, 0.25) is 5.91 Å². The zero-order chi connectivity index (χ0) is 12.0. The first kappa shape index (κ1) is 12.8. The third kappa shape index (κ3) is 4.11. The number of benzene rings is 1. The first-order valence-electron chi connectivity index (χ1n) is 5.27. The molecular weight excluding hydrogens is 226 g/mol. The lowest BCUT2D eigenvalue weighted by atomic mass is 10.2. The van der Waals surface area contributed by atoms with E-state index < -0.39 is 5.38 Å². The van der Waals surface area contributed by atoms with Crippen LogP contribution in [0.5, 0.6) is 5.75 Å². The lowest BCUT2D eigenvalue weighted by Gasteiger charge is -2.08. The molecule has 0 aliphatic heterocycles. The number of alkyl halides is 1. The van der Waals surface area contributed by atoms with Crippen LogP contribution in [-0.2, 0) is 11.3 Å². The summed E-state index contributed by atoms with van der Waals surface area (Å²) in [6, 6.07) is 7.62. The number of hydrogen-bond donors (Lipinski definition) is 1. The summed E-state index contributed by atoms with van der Waals surface area (Å²) in [5, 5.41) is 2.24. The van der Waals surface area contributed by atoms with E-state index in [0.717, 1.165) is 11.3 Å². The molecule has 4 heteroatoms. The molecule has 0 fully saturated rings. The van der Waals surface area contributed by atoms with Gasteiger partial charge in [0.15, 0.2) is 0 Å². The Bertz CT molecular complexity index is 353. The second-order valence-corrected chi connectivity index (χ2v) is 4.07. The molecule has 1 aromatic carbocycles. The monoisotopic (exact) mass is 241 g/mol. The second-order valence-electron chi connectivity index (χ2n) is 3.41. The normalized spacial score (nSPS) is 11.9. The third-order valence-corrected chi connectivity index (χ3v) is 2.24.